The van der Waals surface area contributed by atoms with Crippen molar-refractivity contribution in [3.05, 3.63) is 33.3 Å². The van der Waals surface area contributed by atoms with Gasteiger partial charge >= 0.3 is 7.12 Å². The standard InChI is InChI=1S/C17H21BBrClN2O4/c1-17-7-3-2-4-14(17)25-18(26-17)10-22-15(23)9-21-16(24)12-8-11(19)5-6-13(12)20/h5-6,8,14H,2-4,7,9-10H2,1H3,(H,21,24)(H,22,23)/t14?,17-/m0/s1. The van der Waals surface area contributed by atoms with Gasteiger partial charge in [0.1, 0.15) is 0 Å². The van der Waals surface area contributed by atoms with E-state index in [1.807, 2.05) is 0 Å². The fourth-order valence-corrected chi connectivity index (χ4v) is 3.97. The van der Waals surface area contributed by atoms with Crippen LogP contribution in [0.4, 0.5) is 0 Å². The Hall–Kier alpha value is -1.09. The molecule has 1 heterocycles. The summed E-state index contributed by atoms with van der Waals surface area (Å²) in [6.45, 7) is 1.93. The molecule has 6 nitrogen and oxygen atoms in total. The predicted molar refractivity (Wildman–Crippen MR) is 103 cm³/mol. The van der Waals surface area contributed by atoms with Gasteiger partial charge in [-0.25, -0.2) is 0 Å². The highest BCUT2D eigenvalue weighted by Gasteiger charge is 2.49. The smallest absolute Gasteiger partial charge is 0.404 e. The van der Waals surface area contributed by atoms with Gasteiger partial charge in [-0.05, 0) is 38.0 Å². The number of nitrogens with one attached hydrogen (secondary N) is 2. The maximum absolute atomic E-state index is 12.1. The third kappa shape index (κ3) is 4.60. The van der Waals surface area contributed by atoms with Gasteiger partial charge in [0.15, 0.2) is 0 Å². The maximum atomic E-state index is 12.1. The van der Waals surface area contributed by atoms with Crippen molar-refractivity contribution in [3.8, 4) is 0 Å². The minimum Gasteiger partial charge on any atom is -0.404 e. The zero-order valence-electron chi connectivity index (χ0n) is 14.5. The van der Waals surface area contributed by atoms with Gasteiger partial charge in [0.25, 0.3) is 5.91 Å². The number of fused-ring (bicyclic) bond motifs is 1. The third-order valence-corrected chi connectivity index (χ3v) is 5.66. The summed E-state index contributed by atoms with van der Waals surface area (Å²) in [6, 6.07) is 4.97. The SMILES string of the molecule is C[C@]12CCCCC1OB(CNC(=O)CNC(=O)c1cc(Br)ccc1Cl)O2. The minimum atomic E-state index is -0.442. The van der Waals surface area contributed by atoms with Crippen molar-refractivity contribution in [3.63, 3.8) is 0 Å². The summed E-state index contributed by atoms with van der Waals surface area (Å²) in [5, 5.41) is 5.63. The van der Waals surface area contributed by atoms with E-state index in [0.29, 0.717) is 10.6 Å². The highest BCUT2D eigenvalue weighted by molar-refractivity contribution is 9.10. The first-order valence-electron chi connectivity index (χ1n) is 8.70. The van der Waals surface area contributed by atoms with Crippen LogP contribution in [-0.4, -0.2) is 43.6 Å². The molecule has 1 aromatic rings. The van der Waals surface area contributed by atoms with Crippen molar-refractivity contribution in [2.45, 2.75) is 44.3 Å². The van der Waals surface area contributed by atoms with Crippen LogP contribution in [0.5, 0.6) is 0 Å². The Morgan fingerprint density at radius 3 is 2.96 bits per heavy atom. The van der Waals surface area contributed by atoms with Crippen LogP contribution in [0.2, 0.25) is 5.02 Å². The van der Waals surface area contributed by atoms with Crippen LogP contribution in [0, 0.1) is 0 Å². The van der Waals surface area contributed by atoms with E-state index >= 15 is 0 Å². The summed E-state index contributed by atoms with van der Waals surface area (Å²) >= 11 is 9.30. The van der Waals surface area contributed by atoms with Gasteiger partial charge in [-0.3, -0.25) is 9.59 Å². The van der Waals surface area contributed by atoms with E-state index in [-0.39, 0.29) is 30.6 Å². The van der Waals surface area contributed by atoms with Crippen LogP contribution in [-0.2, 0) is 14.1 Å². The molecule has 1 unspecified atom stereocenters. The summed E-state index contributed by atoms with van der Waals surface area (Å²) in [6.07, 6.45) is 4.61. The van der Waals surface area contributed by atoms with E-state index in [2.05, 4.69) is 33.5 Å². The van der Waals surface area contributed by atoms with Gasteiger partial charge in [0.05, 0.1) is 35.3 Å². The van der Waals surface area contributed by atoms with Gasteiger partial charge in [0.2, 0.25) is 5.91 Å². The van der Waals surface area contributed by atoms with Crippen LogP contribution >= 0.6 is 27.5 Å². The number of carbonyl (C=O) groups is 2. The Bertz CT molecular complexity index is 707. The van der Waals surface area contributed by atoms with Crippen molar-refractivity contribution < 1.29 is 18.9 Å². The lowest BCUT2D eigenvalue weighted by atomic mass is 9.84. The van der Waals surface area contributed by atoms with E-state index in [9.17, 15) is 9.59 Å². The molecule has 9 heteroatoms. The molecule has 0 spiro atoms. The highest BCUT2D eigenvalue weighted by Crippen LogP contribution is 2.38. The lowest BCUT2D eigenvalue weighted by molar-refractivity contribution is -0.119. The van der Waals surface area contributed by atoms with Crippen molar-refractivity contribution in [2.24, 2.45) is 0 Å². The third-order valence-electron chi connectivity index (χ3n) is 4.84. The molecular weight excluding hydrogens is 422 g/mol. The second kappa shape index (κ2) is 8.29. The molecule has 2 N–H and O–H groups in total. The first kappa shape index (κ1) is 19.7. The molecule has 2 atom stereocenters. The molecule has 0 bridgehead atoms. The zero-order chi connectivity index (χ0) is 18.7. The molecule has 2 amide bonds. The number of amides is 2. The van der Waals surface area contributed by atoms with E-state index in [0.717, 1.165) is 30.2 Å². The Balaban J connectivity index is 1.43. The summed E-state index contributed by atoms with van der Waals surface area (Å²) in [4.78, 5) is 24.2. The van der Waals surface area contributed by atoms with Crippen LogP contribution in [0.1, 0.15) is 43.0 Å². The largest absolute Gasteiger partial charge is 0.478 e. The Labute approximate surface area is 166 Å². The molecule has 1 saturated carbocycles. The number of rotatable bonds is 5. The Kier molecular flexibility index (Phi) is 6.27. The molecule has 0 radical (unpaired) electrons. The van der Waals surface area contributed by atoms with Crippen molar-refractivity contribution in [1.82, 2.24) is 10.6 Å². The molecule has 1 aromatic carbocycles. The molecular formula is C17H21BBrClN2O4. The molecule has 26 heavy (non-hydrogen) atoms. The van der Waals surface area contributed by atoms with Gasteiger partial charge in [-0.15, -0.1) is 0 Å². The quantitative estimate of drug-likeness (QED) is 0.686. The van der Waals surface area contributed by atoms with Crippen LogP contribution in [0.3, 0.4) is 0 Å². The summed E-state index contributed by atoms with van der Waals surface area (Å²) < 4.78 is 12.6. The molecule has 1 aliphatic heterocycles. The number of benzene rings is 1. The summed E-state index contributed by atoms with van der Waals surface area (Å²) in [5.74, 6) is -0.713. The van der Waals surface area contributed by atoms with Crippen LogP contribution in [0.15, 0.2) is 22.7 Å². The summed E-state index contributed by atoms with van der Waals surface area (Å²) in [7, 11) is -0.442. The molecule has 2 fully saturated rings. The monoisotopic (exact) mass is 442 g/mol. The fraction of sp³-hybridized carbons (Fsp3) is 0.529. The van der Waals surface area contributed by atoms with Crippen molar-refractivity contribution in [2.75, 3.05) is 13.0 Å². The van der Waals surface area contributed by atoms with Gasteiger partial charge in [0, 0.05) is 4.47 Å². The highest BCUT2D eigenvalue weighted by atomic mass is 79.9. The predicted octanol–water partition coefficient (Wildman–Crippen LogP) is 2.72. The van der Waals surface area contributed by atoms with Crippen molar-refractivity contribution >= 4 is 46.5 Å². The molecule has 2 aliphatic rings. The zero-order valence-corrected chi connectivity index (χ0v) is 16.9. The first-order chi connectivity index (χ1) is 12.4. The average molecular weight is 444 g/mol. The lowest BCUT2D eigenvalue weighted by Gasteiger charge is -2.34. The van der Waals surface area contributed by atoms with Crippen LogP contribution in [0.25, 0.3) is 0 Å². The molecule has 3 rings (SSSR count). The van der Waals surface area contributed by atoms with E-state index in [1.54, 1.807) is 18.2 Å². The Morgan fingerprint density at radius 2 is 2.19 bits per heavy atom. The van der Waals surface area contributed by atoms with Gasteiger partial charge < -0.3 is 19.9 Å². The molecule has 0 aromatic heterocycles. The average Bonchev–Trinajstić information content (AvgIpc) is 2.96. The maximum Gasteiger partial charge on any atom is 0.478 e. The first-order valence-corrected chi connectivity index (χ1v) is 9.88. The van der Waals surface area contributed by atoms with Crippen LogP contribution < -0.4 is 10.6 Å². The van der Waals surface area contributed by atoms with Gasteiger partial charge in [-0.1, -0.05) is 40.4 Å². The molecule has 1 aliphatic carbocycles. The Morgan fingerprint density at radius 1 is 1.38 bits per heavy atom. The second-order valence-electron chi connectivity index (χ2n) is 6.84. The number of carbonyl (C=O) groups excluding carboxylic acids is 2. The number of hydrogen-bond donors (Lipinski definition) is 2. The second-order valence-corrected chi connectivity index (χ2v) is 8.16. The normalized spacial score (nSPS) is 24.9. The van der Waals surface area contributed by atoms with E-state index in [4.69, 9.17) is 20.9 Å². The molecule has 1 saturated heterocycles. The van der Waals surface area contributed by atoms with Gasteiger partial charge in [-0.2, -0.15) is 0 Å². The topological polar surface area (TPSA) is 76.7 Å². The summed E-state index contributed by atoms with van der Waals surface area (Å²) in [5.41, 5.74) is 0.0626. The number of hydrogen-bond acceptors (Lipinski definition) is 4. The number of halogens is 2. The molecule has 140 valence electrons. The van der Waals surface area contributed by atoms with E-state index in [1.165, 1.54) is 0 Å². The minimum absolute atomic E-state index is 0.0940. The van der Waals surface area contributed by atoms with Crippen molar-refractivity contribution in [1.29, 1.82) is 0 Å². The fourth-order valence-electron chi connectivity index (χ4n) is 3.41. The van der Waals surface area contributed by atoms with E-state index < -0.39 is 13.0 Å². The lowest BCUT2D eigenvalue weighted by Crippen LogP contribution is -2.43.